The largest absolute Gasteiger partial charge is 0.378 e. The standard InChI is InChI=1S/C13H11NO4/c15-11-5-6-18-7-10(11)14-12(16)8-3-1-2-4-9(8)13(14)17/h1-4,10H,5-7H2. The number of carbonyl (C=O) groups is 3. The van der Waals surface area contributed by atoms with Gasteiger partial charge in [0.05, 0.1) is 24.3 Å². The summed E-state index contributed by atoms with van der Waals surface area (Å²) in [5.41, 5.74) is 0.724. The molecule has 3 rings (SSSR count). The fraction of sp³-hybridized carbons (Fsp3) is 0.308. The van der Waals surface area contributed by atoms with E-state index in [2.05, 4.69) is 0 Å². The molecular weight excluding hydrogens is 234 g/mol. The lowest BCUT2D eigenvalue weighted by molar-refractivity contribution is -0.130. The van der Waals surface area contributed by atoms with E-state index >= 15 is 0 Å². The molecule has 1 aromatic carbocycles. The number of hydrogen-bond acceptors (Lipinski definition) is 4. The third-order valence-electron chi connectivity index (χ3n) is 3.28. The van der Waals surface area contributed by atoms with Crippen molar-refractivity contribution >= 4 is 17.6 Å². The van der Waals surface area contributed by atoms with Crippen molar-refractivity contribution in [2.75, 3.05) is 13.2 Å². The molecule has 0 aliphatic carbocycles. The zero-order valence-electron chi connectivity index (χ0n) is 9.59. The Hall–Kier alpha value is -2.01. The summed E-state index contributed by atoms with van der Waals surface area (Å²) in [6.45, 7) is 0.461. The lowest BCUT2D eigenvalue weighted by Crippen LogP contribution is -2.50. The third kappa shape index (κ3) is 1.48. The maximum atomic E-state index is 12.1. The Labute approximate surface area is 103 Å². The molecule has 0 aromatic heterocycles. The van der Waals surface area contributed by atoms with Crippen molar-refractivity contribution in [2.24, 2.45) is 0 Å². The predicted octanol–water partition coefficient (Wildman–Crippen LogP) is 0.641. The van der Waals surface area contributed by atoms with Crippen LogP contribution in [0.4, 0.5) is 0 Å². The van der Waals surface area contributed by atoms with Crippen molar-refractivity contribution in [3.8, 4) is 0 Å². The molecule has 5 heteroatoms. The van der Waals surface area contributed by atoms with Crippen molar-refractivity contribution in [1.82, 2.24) is 4.90 Å². The highest BCUT2D eigenvalue weighted by Gasteiger charge is 2.43. The quantitative estimate of drug-likeness (QED) is 0.681. The lowest BCUT2D eigenvalue weighted by atomic mass is 10.1. The predicted molar refractivity (Wildman–Crippen MR) is 61.2 cm³/mol. The second-order valence-electron chi connectivity index (χ2n) is 4.33. The number of fused-ring (bicyclic) bond motifs is 1. The van der Waals surface area contributed by atoms with Crippen molar-refractivity contribution in [3.63, 3.8) is 0 Å². The number of ketones is 1. The monoisotopic (exact) mass is 245 g/mol. The average molecular weight is 245 g/mol. The molecule has 2 aliphatic heterocycles. The number of ether oxygens (including phenoxy) is 1. The molecule has 2 amide bonds. The smallest absolute Gasteiger partial charge is 0.262 e. The Morgan fingerprint density at radius 2 is 1.67 bits per heavy atom. The number of nitrogens with zero attached hydrogens (tertiary/aromatic N) is 1. The number of rotatable bonds is 1. The van der Waals surface area contributed by atoms with Gasteiger partial charge in [-0.15, -0.1) is 0 Å². The summed E-state index contributed by atoms with van der Waals surface area (Å²) >= 11 is 0. The van der Waals surface area contributed by atoms with Crippen LogP contribution in [-0.4, -0.2) is 41.8 Å². The fourth-order valence-electron chi connectivity index (χ4n) is 2.34. The van der Waals surface area contributed by atoms with Gasteiger partial charge in [-0.2, -0.15) is 0 Å². The van der Waals surface area contributed by atoms with Crippen LogP contribution >= 0.6 is 0 Å². The van der Waals surface area contributed by atoms with Gasteiger partial charge in [-0.3, -0.25) is 19.3 Å². The van der Waals surface area contributed by atoms with E-state index in [1.807, 2.05) is 0 Å². The van der Waals surface area contributed by atoms with E-state index in [1.54, 1.807) is 24.3 Å². The van der Waals surface area contributed by atoms with E-state index in [0.29, 0.717) is 17.7 Å². The molecule has 0 saturated carbocycles. The van der Waals surface area contributed by atoms with Crippen LogP contribution in [0.15, 0.2) is 24.3 Å². The molecule has 1 aromatic rings. The normalized spacial score (nSPS) is 23.4. The molecule has 5 nitrogen and oxygen atoms in total. The van der Waals surface area contributed by atoms with Crippen LogP contribution in [0.2, 0.25) is 0 Å². The van der Waals surface area contributed by atoms with Gasteiger partial charge in [0.15, 0.2) is 5.78 Å². The first-order chi connectivity index (χ1) is 8.70. The molecule has 0 bridgehead atoms. The van der Waals surface area contributed by atoms with Gasteiger partial charge < -0.3 is 4.74 Å². The van der Waals surface area contributed by atoms with Gasteiger partial charge in [0.2, 0.25) is 0 Å². The molecule has 2 heterocycles. The number of amides is 2. The van der Waals surface area contributed by atoms with Crippen LogP contribution < -0.4 is 0 Å². The van der Waals surface area contributed by atoms with E-state index in [1.165, 1.54) is 0 Å². The SMILES string of the molecule is O=C1CCOCC1N1C(=O)c2ccccc2C1=O. The number of imide groups is 1. The Kier molecular flexibility index (Phi) is 2.48. The molecule has 2 aliphatic rings. The van der Waals surface area contributed by atoms with Crippen molar-refractivity contribution in [3.05, 3.63) is 35.4 Å². The van der Waals surface area contributed by atoms with Crippen molar-refractivity contribution in [2.45, 2.75) is 12.5 Å². The van der Waals surface area contributed by atoms with Gasteiger partial charge in [-0.1, -0.05) is 12.1 Å². The third-order valence-corrected chi connectivity index (χ3v) is 3.28. The zero-order chi connectivity index (χ0) is 12.7. The Bertz CT molecular complexity index is 517. The lowest BCUT2D eigenvalue weighted by Gasteiger charge is -2.27. The summed E-state index contributed by atoms with van der Waals surface area (Å²) in [7, 11) is 0. The minimum Gasteiger partial charge on any atom is -0.378 e. The van der Waals surface area contributed by atoms with Gasteiger partial charge in [0.1, 0.15) is 6.04 Å². The summed E-state index contributed by atoms with van der Waals surface area (Å²) in [4.78, 5) is 37.1. The molecule has 1 unspecified atom stereocenters. The zero-order valence-corrected chi connectivity index (χ0v) is 9.59. The van der Waals surface area contributed by atoms with Crippen molar-refractivity contribution < 1.29 is 19.1 Å². The van der Waals surface area contributed by atoms with Crippen LogP contribution in [0.5, 0.6) is 0 Å². The molecule has 1 fully saturated rings. The Balaban J connectivity index is 1.99. The molecule has 0 radical (unpaired) electrons. The van der Waals surface area contributed by atoms with Crippen LogP contribution in [0.1, 0.15) is 27.1 Å². The highest BCUT2D eigenvalue weighted by Crippen LogP contribution is 2.26. The molecule has 1 atom stereocenters. The second kappa shape index (κ2) is 4.03. The number of hydrogen-bond donors (Lipinski definition) is 0. The van der Waals surface area contributed by atoms with E-state index < -0.39 is 17.9 Å². The molecule has 1 saturated heterocycles. The Morgan fingerprint density at radius 3 is 2.22 bits per heavy atom. The first-order valence-electron chi connectivity index (χ1n) is 5.77. The maximum absolute atomic E-state index is 12.1. The highest BCUT2D eigenvalue weighted by molar-refractivity contribution is 6.23. The molecule has 92 valence electrons. The molecule has 0 N–H and O–H groups in total. The topological polar surface area (TPSA) is 63.7 Å². The molecular formula is C13H11NO4. The second-order valence-corrected chi connectivity index (χ2v) is 4.33. The van der Waals surface area contributed by atoms with Gasteiger partial charge >= 0.3 is 0 Å². The number of Topliss-reactive ketones (excluding diaryl/α,β-unsaturated/α-hetero) is 1. The van der Waals surface area contributed by atoms with Gasteiger partial charge in [0, 0.05) is 6.42 Å². The average Bonchev–Trinajstić information content (AvgIpc) is 2.64. The van der Waals surface area contributed by atoms with Crippen molar-refractivity contribution in [1.29, 1.82) is 0 Å². The van der Waals surface area contributed by atoms with Crippen LogP contribution in [0.3, 0.4) is 0 Å². The van der Waals surface area contributed by atoms with Gasteiger partial charge in [0.25, 0.3) is 11.8 Å². The van der Waals surface area contributed by atoms with Gasteiger partial charge in [-0.25, -0.2) is 0 Å². The van der Waals surface area contributed by atoms with Crippen LogP contribution in [0, 0.1) is 0 Å². The Morgan fingerprint density at radius 1 is 1.06 bits per heavy atom. The maximum Gasteiger partial charge on any atom is 0.262 e. The van der Waals surface area contributed by atoms with E-state index in [-0.39, 0.29) is 18.8 Å². The first kappa shape index (κ1) is 11.1. The highest BCUT2D eigenvalue weighted by atomic mass is 16.5. The number of carbonyl (C=O) groups excluding carboxylic acids is 3. The first-order valence-corrected chi connectivity index (χ1v) is 5.77. The van der Waals surface area contributed by atoms with E-state index in [9.17, 15) is 14.4 Å². The summed E-state index contributed by atoms with van der Waals surface area (Å²) in [5.74, 6) is -0.922. The number of benzene rings is 1. The summed E-state index contributed by atoms with van der Waals surface area (Å²) in [6, 6.07) is 5.83. The van der Waals surface area contributed by atoms with Crippen LogP contribution in [-0.2, 0) is 9.53 Å². The summed E-state index contributed by atoms with van der Waals surface area (Å²) < 4.78 is 5.19. The van der Waals surface area contributed by atoms with Gasteiger partial charge in [-0.05, 0) is 12.1 Å². The molecule has 0 spiro atoms. The summed E-state index contributed by atoms with van der Waals surface area (Å²) in [5, 5.41) is 0. The minimum atomic E-state index is -0.772. The molecule has 18 heavy (non-hydrogen) atoms. The fourth-order valence-corrected chi connectivity index (χ4v) is 2.34. The summed E-state index contributed by atoms with van der Waals surface area (Å²) in [6.07, 6.45) is 0.248. The van der Waals surface area contributed by atoms with E-state index in [0.717, 1.165) is 4.90 Å². The van der Waals surface area contributed by atoms with Crippen LogP contribution in [0.25, 0.3) is 0 Å². The van der Waals surface area contributed by atoms with E-state index in [4.69, 9.17) is 4.74 Å². The minimum absolute atomic E-state index is 0.101.